The molecule has 6 nitrogen and oxygen atoms in total. The van der Waals surface area contributed by atoms with Crippen molar-refractivity contribution >= 4 is 28.7 Å². The van der Waals surface area contributed by atoms with Gasteiger partial charge in [0.25, 0.3) is 0 Å². The monoisotopic (exact) mass is 412 g/mol. The molecule has 0 atom stereocenters. The number of benzene rings is 2. The van der Waals surface area contributed by atoms with E-state index in [1.165, 1.54) is 0 Å². The Morgan fingerprint density at radius 3 is 2.39 bits per heavy atom. The fraction of sp³-hybridized carbons (Fsp3) is 0.120. The van der Waals surface area contributed by atoms with Crippen molar-refractivity contribution in [3.8, 4) is 11.1 Å². The normalized spacial score (nSPS) is 12.8. The minimum atomic E-state index is -0.987. The Kier molecular flexibility index (Phi) is 5.45. The van der Waals surface area contributed by atoms with Crippen LogP contribution in [0.15, 0.2) is 79.1 Å². The molecule has 1 aromatic heterocycles. The van der Waals surface area contributed by atoms with Crippen LogP contribution >= 0.6 is 0 Å². The molecule has 156 valence electrons. The van der Waals surface area contributed by atoms with E-state index in [1.807, 2.05) is 55.5 Å². The molecule has 3 N–H and O–H groups in total. The lowest BCUT2D eigenvalue weighted by Crippen LogP contribution is -2.24. The molecular formula is C25H24N4O2. The smallest absolute Gasteiger partial charge is 0.337 e. The molecular weight excluding hydrogens is 388 g/mol. The zero-order chi connectivity index (χ0) is 22.0. The average molecular weight is 412 g/mol. The van der Waals surface area contributed by atoms with Crippen molar-refractivity contribution < 1.29 is 9.90 Å². The van der Waals surface area contributed by atoms with E-state index in [0.717, 1.165) is 39.4 Å². The first-order valence-corrected chi connectivity index (χ1v) is 9.97. The highest BCUT2D eigenvalue weighted by molar-refractivity contribution is 6.10. The van der Waals surface area contributed by atoms with Crippen LogP contribution in [-0.2, 0) is 11.3 Å². The predicted octanol–water partition coefficient (Wildman–Crippen LogP) is 4.83. The Bertz CT molecular complexity index is 1170. The topological polar surface area (TPSA) is 77.5 Å². The number of fused-ring (bicyclic) bond motifs is 1. The predicted molar refractivity (Wildman–Crippen MR) is 126 cm³/mol. The quantitative estimate of drug-likeness (QED) is 0.538. The minimum absolute atomic E-state index is 0.197. The van der Waals surface area contributed by atoms with Crippen LogP contribution in [0.2, 0.25) is 0 Å². The van der Waals surface area contributed by atoms with Gasteiger partial charge in [-0.3, -0.25) is 0 Å². The van der Waals surface area contributed by atoms with Crippen molar-refractivity contribution in [3.63, 3.8) is 0 Å². The zero-order valence-electron chi connectivity index (χ0n) is 17.5. The molecule has 0 radical (unpaired) electrons. The molecule has 0 amide bonds. The lowest BCUT2D eigenvalue weighted by Gasteiger charge is -2.31. The van der Waals surface area contributed by atoms with Crippen molar-refractivity contribution in [2.24, 2.45) is 0 Å². The Morgan fingerprint density at radius 2 is 1.77 bits per heavy atom. The van der Waals surface area contributed by atoms with Crippen molar-refractivity contribution in [1.29, 1.82) is 0 Å². The molecule has 1 aliphatic heterocycles. The van der Waals surface area contributed by atoms with Crippen LogP contribution in [0.25, 0.3) is 16.7 Å². The van der Waals surface area contributed by atoms with Gasteiger partial charge in [0.15, 0.2) is 0 Å². The van der Waals surface area contributed by atoms with Gasteiger partial charge in [-0.1, -0.05) is 36.9 Å². The van der Waals surface area contributed by atoms with Crippen molar-refractivity contribution in [1.82, 2.24) is 4.98 Å². The van der Waals surface area contributed by atoms with E-state index >= 15 is 0 Å². The number of carboxylic acid groups (broad SMARTS) is 1. The van der Waals surface area contributed by atoms with Gasteiger partial charge in [0.2, 0.25) is 0 Å². The van der Waals surface area contributed by atoms with Gasteiger partial charge in [0.1, 0.15) is 5.82 Å². The number of rotatable bonds is 6. The lowest BCUT2D eigenvalue weighted by molar-refractivity contribution is -0.132. The van der Waals surface area contributed by atoms with E-state index in [9.17, 15) is 9.90 Å². The highest BCUT2D eigenvalue weighted by Crippen LogP contribution is 2.41. The summed E-state index contributed by atoms with van der Waals surface area (Å²) < 4.78 is 0. The van der Waals surface area contributed by atoms with E-state index < -0.39 is 5.97 Å². The first-order valence-electron chi connectivity index (χ1n) is 9.97. The summed E-state index contributed by atoms with van der Waals surface area (Å²) >= 11 is 0. The molecule has 0 unspecified atom stereocenters. The standard InChI is InChI=1S/C25H24N4O2/c1-16-20(25(30)31)15-29(22-6-4-5-21(26-2)24(16)22)14-17-7-9-18(10-8-17)19-11-12-23(27-3)28-13-19/h4-13,15,26H,1,14H2,2-3H3,(H,27,28)(H,30,31). The van der Waals surface area contributed by atoms with Gasteiger partial charge in [0.05, 0.1) is 11.3 Å². The summed E-state index contributed by atoms with van der Waals surface area (Å²) in [5, 5.41) is 15.9. The molecule has 0 bridgehead atoms. The minimum Gasteiger partial charge on any atom is -0.478 e. The molecule has 4 rings (SSSR count). The summed E-state index contributed by atoms with van der Waals surface area (Å²) in [6, 6.07) is 18.1. The van der Waals surface area contributed by atoms with Gasteiger partial charge < -0.3 is 20.6 Å². The summed E-state index contributed by atoms with van der Waals surface area (Å²) in [6.07, 6.45) is 3.51. The summed E-state index contributed by atoms with van der Waals surface area (Å²) in [7, 11) is 3.66. The molecule has 0 aliphatic carbocycles. The first-order chi connectivity index (χ1) is 15.0. The van der Waals surface area contributed by atoms with Gasteiger partial charge in [-0.15, -0.1) is 0 Å². The molecule has 6 heteroatoms. The maximum absolute atomic E-state index is 11.8. The summed E-state index contributed by atoms with van der Waals surface area (Å²) in [5.74, 6) is -0.160. The van der Waals surface area contributed by atoms with Gasteiger partial charge in [0, 0.05) is 49.9 Å². The molecule has 2 aromatic carbocycles. The van der Waals surface area contributed by atoms with E-state index in [4.69, 9.17) is 0 Å². The first kappa shape index (κ1) is 20.2. The molecule has 31 heavy (non-hydrogen) atoms. The van der Waals surface area contributed by atoms with Crippen LogP contribution < -0.4 is 15.5 Å². The van der Waals surface area contributed by atoms with Crippen molar-refractivity contribution in [2.45, 2.75) is 6.54 Å². The Morgan fingerprint density at radius 1 is 1.03 bits per heavy atom. The second-order valence-electron chi connectivity index (χ2n) is 7.28. The second kappa shape index (κ2) is 8.36. The number of aromatic nitrogens is 1. The number of carbonyl (C=O) groups is 1. The maximum Gasteiger partial charge on any atom is 0.337 e. The van der Waals surface area contributed by atoms with Crippen LogP contribution in [0, 0.1) is 0 Å². The van der Waals surface area contributed by atoms with E-state index in [0.29, 0.717) is 12.1 Å². The second-order valence-corrected chi connectivity index (χ2v) is 7.28. The number of pyridine rings is 1. The molecule has 0 saturated carbocycles. The van der Waals surface area contributed by atoms with Crippen LogP contribution in [0.1, 0.15) is 11.1 Å². The van der Waals surface area contributed by atoms with Gasteiger partial charge >= 0.3 is 5.97 Å². The highest BCUT2D eigenvalue weighted by Gasteiger charge is 2.27. The number of nitrogens with one attached hydrogen (secondary N) is 2. The van der Waals surface area contributed by atoms with Crippen LogP contribution in [0.3, 0.4) is 0 Å². The summed E-state index contributed by atoms with van der Waals surface area (Å²) in [5.41, 5.74) is 6.49. The van der Waals surface area contributed by atoms with Crippen molar-refractivity contribution in [3.05, 3.63) is 90.3 Å². The van der Waals surface area contributed by atoms with Crippen LogP contribution in [-0.4, -0.2) is 30.2 Å². The van der Waals surface area contributed by atoms with E-state index in [2.05, 4.69) is 46.5 Å². The van der Waals surface area contributed by atoms with E-state index in [1.54, 1.807) is 6.20 Å². The molecule has 0 spiro atoms. The number of anilines is 3. The Hall–Kier alpha value is -4.06. The molecule has 2 heterocycles. The number of aliphatic carboxylic acids is 1. The summed E-state index contributed by atoms with van der Waals surface area (Å²) in [4.78, 5) is 18.2. The number of carboxylic acids is 1. The van der Waals surface area contributed by atoms with Crippen molar-refractivity contribution in [2.75, 3.05) is 29.6 Å². The number of hydrogen-bond acceptors (Lipinski definition) is 5. The van der Waals surface area contributed by atoms with Gasteiger partial charge in [-0.25, -0.2) is 9.78 Å². The lowest BCUT2D eigenvalue weighted by atomic mass is 9.92. The largest absolute Gasteiger partial charge is 0.478 e. The van der Waals surface area contributed by atoms with E-state index in [-0.39, 0.29) is 5.57 Å². The van der Waals surface area contributed by atoms with Gasteiger partial charge in [-0.05, 0) is 41.0 Å². The third kappa shape index (κ3) is 3.88. The van der Waals surface area contributed by atoms with Crippen LogP contribution in [0.4, 0.5) is 17.2 Å². The Labute approximate surface area is 181 Å². The highest BCUT2D eigenvalue weighted by atomic mass is 16.4. The number of nitrogens with zero attached hydrogens (tertiary/aromatic N) is 2. The summed E-state index contributed by atoms with van der Waals surface area (Å²) in [6.45, 7) is 4.58. The maximum atomic E-state index is 11.8. The Balaban J connectivity index is 1.65. The SMILES string of the molecule is C=C1C(C(=O)O)=CN(Cc2ccc(-c3ccc(NC)nc3)cc2)c2cccc(NC)c21. The fourth-order valence-corrected chi connectivity index (χ4v) is 3.77. The zero-order valence-corrected chi connectivity index (χ0v) is 17.5. The van der Waals surface area contributed by atoms with Gasteiger partial charge in [-0.2, -0.15) is 0 Å². The third-order valence-electron chi connectivity index (χ3n) is 5.42. The average Bonchev–Trinajstić information content (AvgIpc) is 2.80. The van der Waals surface area contributed by atoms with Crippen LogP contribution in [0.5, 0.6) is 0 Å². The molecule has 0 fully saturated rings. The number of hydrogen-bond donors (Lipinski definition) is 3. The molecule has 0 saturated heterocycles. The third-order valence-corrected chi connectivity index (χ3v) is 5.42. The molecule has 3 aromatic rings. The fourth-order valence-electron chi connectivity index (χ4n) is 3.77. The molecule has 1 aliphatic rings.